The summed E-state index contributed by atoms with van der Waals surface area (Å²) in [5.41, 5.74) is 2.91. The monoisotopic (exact) mass is 510 g/mol. The van der Waals surface area contributed by atoms with Crippen molar-refractivity contribution in [3.8, 4) is 0 Å². The molecular weight excluding hydrogens is 472 g/mol. The van der Waals surface area contributed by atoms with Gasteiger partial charge in [0.25, 0.3) is 0 Å². The number of methoxy groups -OCH3 is 3. The number of carbonyl (C=O) groups is 2. The minimum Gasteiger partial charge on any atom is -0.464 e. The quantitative estimate of drug-likeness (QED) is 0.323. The van der Waals surface area contributed by atoms with Crippen molar-refractivity contribution in [1.29, 1.82) is 0 Å². The minimum absolute atomic E-state index is 0.0915. The average Bonchev–Trinajstić information content (AvgIpc) is 3.16. The molecule has 1 aromatic carbocycles. The molecule has 9 heteroatoms. The molecule has 0 saturated heterocycles. The molecule has 1 atom stereocenters. The number of amides is 1. The van der Waals surface area contributed by atoms with E-state index in [0.717, 1.165) is 24.9 Å². The number of hydrogen-bond acceptors (Lipinski definition) is 7. The summed E-state index contributed by atoms with van der Waals surface area (Å²) in [6.07, 6.45) is 4.12. The van der Waals surface area contributed by atoms with Gasteiger partial charge in [-0.05, 0) is 51.7 Å². The smallest absolute Gasteiger partial charge is 0.356 e. The van der Waals surface area contributed by atoms with Gasteiger partial charge in [-0.3, -0.25) is 4.79 Å². The molecule has 3 rings (SSSR count). The molecule has 0 aliphatic rings. The van der Waals surface area contributed by atoms with Crippen LogP contribution in [0.2, 0.25) is 0 Å². The van der Waals surface area contributed by atoms with Crippen LogP contribution >= 0.6 is 0 Å². The van der Waals surface area contributed by atoms with E-state index < -0.39 is 5.97 Å². The van der Waals surface area contributed by atoms with Crippen molar-refractivity contribution < 1.29 is 23.8 Å². The largest absolute Gasteiger partial charge is 0.464 e. The second-order valence-corrected chi connectivity index (χ2v) is 9.75. The molecule has 0 saturated carbocycles. The number of ether oxygens (including phenoxy) is 3. The van der Waals surface area contributed by atoms with Gasteiger partial charge in [0.2, 0.25) is 5.91 Å². The lowest BCUT2D eigenvalue weighted by Gasteiger charge is -2.27. The van der Waals surface area contributed by atoms with Gasteiger partial charge in [0.15, 0.2) is 5.69 Å². The van der Waals surface area contributed by atoms with E-state index in [9.17, 15) is 9.59 Å². The van der Waals surface area contributed by atoms with Gasteiger partial charge < -0.3 is 29.4 Å². The number of aryl methyl sites for hydroxylation is 2. The number of pyridine rings is 1. The molecule has 9 nitrogen and oxygen atoms in total. The van der Waals surface area contributed by atoms with Crippen molar-refractivity contribution in [2.75, 3.05) is 38.6 Å². The molecule has 0 spiro atoms. The fraction of sp³-hybridized carbons (Fsp3) is 0.464. The van der Waals surface area contributed by atoms with Crippen molar-refractivity contribution >= 4 is 34.3 Å². The SMILES string of the molecule is COCC(=O)Nc1c(C(=O)OC)n(CCCc2ccccc2)c2ncc(NC(C)CC(C)(C)OC)cc12. The highest BCUT2D eigenvalue weighted by atomic mass is 16.5. The maximum absolute atomic E-state index is 13.0. The molecule has 1 unspecified atom stereocenters. The van der Waals surface area contributed by atoms with Crippen molar-refractivity contribution in [2.24, 2.45) is 0 Å². The third-order valence-corrected chi connectivity index (χ3v) is 6.27. The zero-order valence-electron chi connectivity index (χ0n) is 22.6. The van der Waals surface area contributed by atoms with Crippen LogP contribution in [0.4, 0.5) is 11.4 Å². The second-order valence-electron chi connectivity index (χ2n) is 9.75. The predicted molar refractivity (Wildman–Crippen MR) is 145 cm³/mol. The lowest BCUT2D eigenvalue weighted by molar-refractivity contribution is -0.119. The molecule has 0 fully saturated rings. The number of esters is 1. The highest BCUT2D eigenvalue weighted by Gasteiger charge is 2.26. The van der Waals surface area contributed by atoms with Crippen molar-refractivity contribution in [3.63, 3.8) is 0 Å². The highest BCUT2D eigenvalue weighted by molar-refractivity contribution is 6.11. The Balaban J connectivity index is 2.01. The van der Waals surface area contributed by atoms with E-state index in [1.807, 2.05) is 42.7 Å². The number of nitrogens with zero attached hydrogens (tertiary/aromatic N) is 2. The first-order chi connectivity index (χ1) is 17.7. The van der Waals surface area contributed by atoms with Gasteiger partial charge >= 0.3 is 5.97 Å². The summed E-state index contributed by atoms with van der Waals surface area (Å²) in [6, 6.07) is 12.2. The first-order valence-electron chi connectivity index (χ1n) is 12.4. The molecule has 200 valence electrons. The van der Waals surface area contributed by atoms with E-state index in [-0.39, 0.29) is 29.9 Å². The van der Waals surface area contributed by atoms with Crippen LogP contribution in [-0.4, -0.2) is 61.0 Å². The molecule has 37 heavy (non-hydrogen) atoms. The molecule has 2 aromatic heterocycles. The molecule has 2 heterocycles. The van der Waals surface area contributed by atoms with E-state index in [1.54, 1.807) is 13.3 Å². The molecule has 0 radical (unpaired) electrons. The Labute approximate surface area is 218 Å². The molecule has 1 amide bonds. The summed E-state index contributed by atoms with van der Waals surface area (Å²) in [7, 11) is 4.47. The summed E-state index contributed by atoms with van der Waals surface area (Å²) in [5, 5.41) is 6.96. The third kappa shape index (κ3) is 7.30. The van der Waals surface area contributed by atoms with Gasteiger partial charge in [0, 0.05) is 32.2 Å². The Hall–Kier alpha value is -3.43. The van der Waals surface area contributed by atoms with Crippen LogP contribution in [0.3, 0.4) is 0 Å². The lowest BCUT2D eigenvalue weighted by atomic mass is 10.00. The molecule has 0 bridgehead atoms. The Kier molecular flexibility index (Phi) is 9.66. The zero-order valence-corrected chi connectivity index (χ0v) is 22.6. The lowest BCUT2D eigenvalue weighted by Crippen LogP contribution is -2.31. The van der Waals surface area contributed by atoms with Gasteiger partial charge in [-0.2, -0.15) is 0 Å². The van der Waals surface area contributed by atoms with Crippen LogP contribution in [0.5, 0.6) is 0 Å². The zero-order chi connectivity index (χ0) is 27.0. The number of carbonyl (C=O) groups excluding carboxylic acids is 2. The molecule has 2 N–H and O–H groups in total. The van der Waals surface area contributed by atoms with Crippen molar-refractivity contribution in [3.05, 3.63) is 53.9 Å². The Morgan fingerprint density at radius 2 is 1.86 bits per heavy atom. The maximum Gasteiger partial charge on any atom is 0.356 e. The molecule has 0 aliphatic heterocycles. The van der Waals surface area contributed by atoms with Crippen molar-refractivity contribution in [2.45, 2.75) is 58.2 Å². The van der Waals surface area contributed by atoms with Crippen molar-refractivity contribution in [1.82, 2.24) is 9.55 Å². The fourth-order valence-electron chi connectivity index (χ4n) is 4.51. The first-order valence-corrected chi connectivity index (χ1v) is 12.4. The van der Waals surface area contributed by atoms with Gasteiger partial charge in [-0.15, -0.1) is 0 Å². The topological polar surface area (TPSA) is 104 Å². The fourth-order valence-corrected chi connectivity index (χ4v) is 4.51. The number of aromatic nitrogens is 2. The van der Waals surface area contributed by atoms with Crippen LogP contribution in [0.15, 0.2) is 42.6 Å². The number of nitrogens with one attached hydrogen (secondary N) is 2. The number of anilines is 2. The van der Waals surface area contributed by atoms with Crippen LogP contribution < -0.4 is 10.6 Å². The number of hydrogen-bond donors (Lipinski definition) is 2. The van der Waals surface area contributed by atoms with E-state index >= 15 is 0 Å². The number of fused-ring (bicyclic) bond motifs is 1. The standard InChI is InChI=1S/C28H38N4O5/c1-19(16-28(2,3)37-6)30-21-15-22-24(31-23(33)18-35-4)25(27(34)36-5)32(26(22)29-17-21)14-10-13-20-11-8-7-9-12-20/h7-9,11-12,15,17,19,30H,10,13-14,16,18H2,1-6H3,(H,31,33). The number of rotatable bonds is 13. The summed E-state index contributed by atoms with van der Waals surface area (Å²) in [5.74, 6) is -0.917. The summed E-state index contributed by atoms with van der Waals surface area (Å²) >= 11 is 0. The summed E-state index contributed by atoms with van der Waals surface area (Å²) in [6.45, 7) is 6.52. The molecular formula is C28H38N4O5. The minimum atomic E-state index is -0.546. The van der Waals surface area contributed by atoms with Gasteiger partial charge in [-0.1, -0.05) is 30.3 Å². The molecule has 0 aliphatic carbocycles. The van der Waals surface area contributed by atoms with Crippen LogP contribution in [0.25, 0.3) is 11.0 Å². The van der Waals surface area contributed by atoms with Gasteiger partial charge in [0.1, 0.15) is 12.3 Å². The normalized spacial score (nSPS) is 12.4. The summed E-state index contributed by atoms with van der Waals surface area (Å²) < 4.78 is 17.5. The van der Waals surface area contributed by atoms with Crippen LogP contribution in [0, 0.1) is 0 Å². The van der Waals surface area contributed by atoms with E-state index in [1.165, 1.54) is 19.8 Å². The highest BCUT2D eigenvalue weighted by Crippen LogP contribution is 2.33. The maximum atomic E-state index is 13.0. The van der Waals surface area contributed by atoms with Crippen LogP contribution in [-0.2, 0) is 32.0 Å². The van der Waals surface area contributed by atoms with E-state index in [2.05, 4.69) is 29.7 Å². The van der Waals surface area contributed by atoms with E-state index in [4.69, 9.17) is 19.2 Å². The first kappa shape index (κ1) is 28.1. The molecule has 3 aromatic rings. The van der Waals surface area contributed by atoms with Crippen LogP contribution in [0.1, 0.15) is 49.7 Å². The Morgan fingerprint density at radius 1 is 1.14 bits per heavy atom. The Bertz CT molecular complexity index is 1210. The van der Waals surface area contributed by atoms with Gasteiger partial charge in [-0.25, -0.2) is 9.78 Å². The van der Waals surface area contributed by atoms with E-state index in [0.29, 0.717) is 23.3 Å². The predicted octanol–water partition coefficient (Wildman–Crippen LogP) is 4.66. The second kappa shape index (κ2) is 12.7. The number of benzene rings is 1. The van der Waals surface area contributed by atoms with Gasteiger partial charge in [0.05, 0.1) is 30.3 Å². The Morgan fingerprint density at radius 3 is 2.51 bits per heavy atom. The summed E-state index contributed by atoms with van der Waals surface area (Å²) in [4.78, 5) is 30.2. The average molecular weight is 511 g/mol. The third-order valence-electron chi connectivity index (χ3n) is 6.27.